The van der Waals surface area contributed by atoms with Crippen LogP contribution in [-0.4, -0.2) is 25.0 Å². The topological polar surface area (TPSA) is 52.6 Å². The van der Waals surface area contributed by atoms with E-state index in [1.165, 1.54) is 0 Å². The zero-order valence-corrected chi connectivity index (χ0v) is 17.0. The molecule has 0 aliphatic heterocycles. The molecule has 4 nitrogen and oxygen atoms in total. The molecule has 1 atom stereocenters. The first-order valence-electron chi connectivity index (χ1n) is 8.61. The Kier molecular flexibility index (Phi) is 6.09. The average Bonchev–Trinajstić information content (AvgIpc) is 2.49. The highest BCUT2D eigenvalue weighted by Crippen LogP contribution is 2.41. The van der Waals surface area contributed by atoms with E-state index < -0.39 is 22.9 Å². The minimum atomic E-state index is -0.814. The van der Waals surface area contributed by atoms with Gasteiger partial charge in [0.05, 0.1) is 18.1 Å². The first-order valence-corrected chi connectivity index (χ1v) is 8.61. The Bertz CT molecular complexity index is 630. The lowest BCUT2D eigenvalue weighted by Gasteiger charge is -2.43. The number of hydrogen-bond donors (Lipinski definition) is 0. The number of carbonyl (C=O) groups is 2. The van der Waals surface area contributed by atoms with Crippen molar-refractivity contribution in [1.82, 2.24) is 0 Å². The molecular weight excluding hydrogens is 316 g/mol. The van der Waals surface area contributed by atoms with Crippen LogP contribution in [0.15, 0.2) is 24.3 Å². The van der Waals surface area contributed by atoms with Gasteiger partial charge in [-0.2, -0.15) is 0 Å². The third-order valence-electron chi connectivity index (χ3n) is 4.24. The number of ether oxygens (including phenoxy) is 2. The Morgan fingerprint density at radius 1 is 0.960 bits per heavy atom. The Morgan fingerprint density at radius 2 is 1.52 bits per heavy atom. The lowest BCUT2D eigenvalue weighted by atomic mass is 9.65. The van der Waals surface area contributed by atoms with Crippen LogP contribution in [0.2, 0.25) is 0 Å². The summed E-state index contributed by atoms with van der Waals surface area (Å²) in [4.78, 5) is 25.7. The molecule has 0 saturated heterocycles. The predicted octanol–water partition coefficient (Wildman–Crippen LogP) is 4.91. The number of methoxy groups -OCH3 is 1. The molecular formula is C21H32O4. The van der Waals surface area contributed by atoms with Crippen LogP contribution in [0.5, 0.6) is 5.75 Å². The first-order chi connectivity index (χ1) is 11.2. The van der Waals surface area contributed by atoms with Gasteiger partial charge in [0.1, 0.15) is 17.6 Å². The third-order valence-corrected chi connectivity index (χ3v) is 4.24. The fourth-order valence-corrected chi connectivity index (χ4v) is 3.42. The van der Waals surface area contributed by atoms with Crippen LogP contribution >= 0.6 is 0 Å². The van der Waals surface area contributed by atoms with Crippen LogP contribution in [0.3, 0.4) is 0 Å². The molecule has 0 N–H and O–H groups in total. The normalized spacial score (nSPS) is 14.0. The molecule has 0 saturated carbocycles. The quantitative estimate of drug-likeness (QED) is 0.710. The molecule has 1 aromatic carbocycles. The molecule has 4 heteroatoms. The predicted molar refractivity (Wildman–Crippen MR) is 99.9 cm³/mol. The molecule has 0 aliphatic rings. The Morgan fingerprint density at radius 3 is 1.96 bits per heavy atom. The maximum Gasteiger partial charge on any atom is 0.338 e. The van der Waals surface area contributed by atoms with Gasteiger partial charge >= 0.3 is 5.97 Å². The van der Waals surface area contributed by atoms with Crippen molar-refractivity contribution >= 4 is 11.8 Å². The summed E-state index contributed by atoms with van der Waals surface area (Å²) in [6, 6.07) is 6.84. The van der Waals surface area contributed by atoms with E-state index in [2.05, 4.69) is 0 Å². The average molecular weight is 348 g/mol. The van der Waals surface area contributed by atoms with Crippen molar-refractivity contribution in [2.75, 3.05) is 7.11 Å². The van der Waals surface area contributed by atoms with Gasteiger partial charge in [0.2, 0.25) is 0 Å². The van der Waals surface area contributed by atoms with Crippen LogP contribution in [-0.2, 0) is 9.53 Å². The van der Waals surface area contributed by atoms with Crippen LogP contribution in [0, 0.1) is 16.2 Å². The van der Waals surface area contributed by atoms with Gasteiger partial charge in [-0.05, 0) is 37.5 Å². The largest absolute Gasteiger partial charge is 0.497 e. The monoisotopic (exact) mass is 348 g/mol. The fraction of sp³-hybridized carbons (Fsp3) is 0.619. The highest BCUT2D eigenvalue weighted by molar-refractivity contribution is 5.92. The number of hydrogen-bond acceptors (Lipinski definition) is 4. The summed E-state index contributed by atoms with van der Waals surface area (Å²) in [5.74, 6) is 0.207. The van der Waals surface area contributed by atoms with Crippen molar-refractivity contribution in [1.29, 1.82) is 0 Å². The molecule has 25 heavy (non-hydrogen) atoms. The van der Waals surface area contributed by atoms with Crippen LogP contribution in [0.1, 0.15) is 65.7 Å². The molecule has 0 heterocycles. The summed E-state index contributed by atoms with van der Waals surface area (Å²) in [6.07, 6.45) is -0.564. The number of carbonyl (C=O) groups excluding carboxylic acids is 2. The zero-order valence-electron chi connectivity index (χ0n) is 17.0. The second kappa shape index (κ2) is 7.19. The summed E-state index contributed by atoms with van der Waals surface area (Å²) < 4.78 is 11.0. The number of esters is 1. The van der Waals surface area contributed by atoms with E-state index in [0.29, 0.717) is 11.3 Å². The minimum absolute atomic E-state index is 0.0679. The summed E-state index contributed by atoms with van der Waals surface area (Å²) in [6.45, 7) is 15.3. The molecule has 0 aliphatic carbocycles. The lowest BCUT2D eigenvalue weighted by molar-refractivity contribution is -0.147. The van der Waals surface area contributed by atoms with Crippen LogP contribution in [0.25, 0.3) is 0 Å². The molecule has 0 bridgehead atoms. The molecule has 0 fully saturated rings. The van der Waals surface area contributed by atoms with Crippen molar-refractivity contribution in [2.45, 2.75) is 61.5 Å². The van der Waals surface area contributed by atoms with Gasteiger partial charge in [0.15, 0.2) is 0 Å². The van der Waals surface area contributed by atoms with Crippen molar-refractivity contribution in [3.8, 4) is 5.75 Å². The smallest absolute Gasteiger partial charge is 0.338 e. The summed E-state index contributed by atoms with van der Waals surface area (Å²) in [5.41, 5.74) is -1.31. The molecule has 1 rings (SSSR count). The summed E-state index contributed by atoms with van der Waals surface area (Å²) >= 11 is 0. The Hall–Kier alpha value is -1.84. The maximum atomic E-state index is 13.0. The molecule has 0 aromatic heterocycles. The fourth-order valence-electron chi connectivity index (χ4n) is 3.42. The van der Waals surface area contributed by atoms with Crippen LogP contribution in [0.4, 0.5) is 0 Å². The molecule has 0 radical (unpaired) electrons. The molecule has 1 aromatic rings. The van der Waals surface area contributed by atoms with E-state index in [1.807, 2.05) is 55.4 Å². The summed E-state index contributed by atoms with van der Waals surface area (Å²) in [5, 5.41) is 0. The van der Waals surface area contributed by atoms with E-state index in [1.54, 1.807) is 31.4 Å². The van der Waals surface area contributed by atoms with Gasteiger partial charge in [-0.15, -0.1) is 0 Å². The van der Waals surface area contributed by atoms with Crippen molar-refractivity contribution in [2.24, 2.45) is 16.2 Å². The number of rotatable bonds is 5. The van der Waals surface area contributed by atoms with E-state index in [0.717, 1.165) is 0 Å². The van der Waals surface area contributed by atoms with E-state index in [4.69, 9.17) is 9.47 Å². The summed E-state index contributed by atoms with van der Waals surface area (Å²) in [7, 11) is 1.55. The van der Waals surface area contributed by atoms with Gasteiger partial charge in [0.25, 0.3) is 0 Å². The molecule has 0 spiro atoms. The number of ketones is 1. The number of Topliss-reactive ketones (excluding diaryl/α,β-unsaturated/α-hetero) is 1. The highest BCUT2D eigenvalue weighted by Gasteiger charge is 2.49. The first kappa shape index (κ1) is 21.2. The van der Waals surface area contributed by atoms with Gasteiger partial charge in [0, 0.05) is 5.41 Å². The van der Waals surface area contributed by atoms with Crippen LogP contribution < -0.4 is 4.74 Å². The maximum absolute atomic E-state index is 13.0. The highest BCUT2D eigenvalue weighted by atomic mass is 16.5. The van der Waals surface area contributed by atoms with Gasteiger partial charge in [-0.1, -0.05) is 47.6 Å². The zero-order chi connectivity index (χ0) is 19.6. The van der Waals surface area contributed by atoms with E-state index >= 15 is 0 Å². The minimum Gasteiger partial charge on any atom is -0.497 e. The Labute approximate surface area is 151 Å². The number of benzene rings is 1. The SMILES string of the molecule is COc1cccc(C(=O)OC(C(C)(C)C)C(C)(C)C(=O)C(C)(C)C)c1. The van der Waals surface area contributed by atoms with Crippen molar-refractivity contribution < 1.29 is 19.1 Å². The molecule has 0 amide bonds. The van der Waals surface area contributed by atoms with Gasteiger partial charge in [-0.3, -0.25) is 4.79 Å². The second-order valence-corrected chi connectivity index (χ2v) is 9.18. The standard InChI is InChI=1S/C21H32O4/c1-19(2,3)17(23)21(7,8)18(20(4,5)6)25-16(22)14-11-10-12-15(13-14)24-9/h10-13,18H,1-9H3. The van der Waals surface area contributed by atoms with Crippen molar-refractivity contribution in [3.63, 3.8) is 0 Å². The van der Waals surface area contributed by atoms with Gasteiger partial charge < -0.3 is 9.47 Å². The van der Waals surface area contributed by atoms with Gasteiger partial charge in [-0.25, -0.2) is 4.79 Å². The lowest BCUT2D eigenvalue weighted by Crippen LogP contribution is -2.51. The van der Waals surface area contributed by atoms with E-state index in [-0.39, 0.29) is 11.2 Å². The molecule has 140 valence electrons. The second-order valence-electron chi connectivity index (χ2n) is 9.18. The third kappa shape index (κ3) is 5.07. The Balaban J connectivity index is 3.20. The van der Waals surface area contributed by atoms with E-state index in [9.17, 15) is 9.59 Å². The molecule has 1 unspecified atom stereocenters. The van der Waals surface area contributed by atoms with Crippen molar-refractivity contribution in [3.05, 3.63) is 29.8 Å².